The minimum Gasteiger partial charge on any atom is -0.355 e. The maximum Gasteiger partial charge on any atom is 0.460 e. The Bertz CT molecular complexity index is 854. The summed E-state index contributed by atoms with van der Waals surface area (Å²) < 4.78 is 236. The largest absolute Gasteiger partial charge is 0.460 e. The van der Waals surface area contributed by atoms with E-state index in [9.17, 15) is 74.6 Å². The van der Waals surface area contributed by atoms with Gasteiger partial charge in [-0.2, -0.15) is 74.6 Å². The van der Waals surface area contributed by atoms with Gasteiger partial charge in [-0.25, -0.2) is 0 Å². The topological polar surface area (TPSA) is 18.5 Å². The van der Waals surface area contributed by atoms with Gasteiger partial charge in [0.1, 0.15) is 6.79 Å². The third kappa shape index (κ3) is 6.64. The van der Waals surface area contributed by atoms with E-state index >= 15 is 0 Å². The lowest BCUT2D eigenvalue weighted by atomic mass is 9.75. The summed E-state index contributed by atoms with van der Waals surface area (Å²) in [4.78, 5) is 0. The summed E-state index contributed by atoms with van der Waals surface area (Å²) in [6.45, 7) is 4.16. The van der Waals surface area contributed by atoms with Crippen LogP contribution < -0.4 is 0 Å². The lowest BCUT2D eigenvalue weighted by Gasteiger charge is -2.42. The van der Waals surface area contributed by atoms with E-state index < -0.39 is 73.9 Å². The highest BCUT2D eigenvalue weighted by molar-refractivity contribution is 5.15. The number of halogens is 17. The molecule has 0 spiro atoms. The van der Waals surface area contributed by atoms with E-state index in [-0.39, 0.29) is 23.9 Å². The fraction of sp³-hybridized carbons (Fsp3) is 1.00. The van der Waals surface area contributed by atoms with Crippen LogP contribution in [-0.2, 0) is 9.47 Å². The molecule has 0 radical (unpaired) electrons. The third-order valence-electron chi connectivity index (χ3n) is 6.89. The van der Waals surface area contributed by atoms with Crippen LogP contribution in [0.2, 0.25) is 0 Å². The molecule has 19 heteroatoms. The summed E-state index contributed by atoms with van der Waals surface area (Å²) in [6.07, 6.45) is -9.73. The molecule has 0 unspecified atom stereocenters. The second-order valence-corrected chi connectivity index (χ2v) is 10.3. The van der Waals surface area contributed by atoms with Gasteiger partial charge >= 0.3 is 47.6 Å². The number of hydrogen-bond acceptors (Lipinski definition) is 2. The van der Waals surface area contributed by atoms with Crippen LogP contribution in [0.5, 0.6) is 0 Å². The quantitative estimate of drug-likeness (QED) is 0.107. The van der Waals surface area contributed by atoms with Crippen molar-refractivity contribution in [3.8, 4) is 0 Å². The van der Waals surface area contributed by atoms with Crippen molar-refractivity contribution in [1.82, 2.24) is 0 Å². The monoisotopic (exact) mass is 646 g/mol. The first-order valence-electron chi connectivity index (χ1n) is 11.9. The zero-order valence-electron chi connectivity index (χ0n) is 21.5. The molecule has 2 nitrogen and oxygen atoms in total. The third-order valence-corrected chi connectivity index (χ3v) is 6.89. The van der Waals surface area contributed by atoms with Gasteiger partial charge in [-0.1, -0.05) is 27.2 Å². The first-order valence-corrected chi connectivity index (χ1v) is 11.9. The predicted octanol–water partition coefficient (Wildman–Crippen LogP) is 9.23. The molecule has 1 aliphatic rings. The molecule has 0 aromatic heterocycles. The molecule has 0 aliphatic heterocycles. The van der Waals surface area contributed by atoms with E-state index in [1.54, 1.807) is 0 Å². The first-order chi connectivity index (χ1) is 18.0. The van der Waals surface area contributed by atoms with Crippen molar-refractivity contribution in [2.24, 2.45) is 17.8 Å². The van der Waals surface area contributed by atoms with E-state index in [1.807, 2.05) is 20.8 Å². The van der Waals surface area contributed by atoms with Crippen LogP contribution in [0.15, 0.2) is 0 Å². The lowest BCUT2D eigenvalue weighted by molar-refractivity contribution is -0.461. The van der Waals surface area contributed by atoms with Crippen molar-refractivity contribution >= 4 is 0 Å². The fourth-order valence-corrected chi connectivity index (χ4v) is 4.25. The Morgan fingerprint density at radius 1 is 0.634 bits per heavy atom. The van der Waals surface area contributed by atoms with Crippen LogP contribution in [0.25, 0.3) is 0 Å². The molecule has 0 aromatic carbocycles. The highest BCUT2D eigenvalue weighted by Gasteiger charge is 2.95. The molecule has 0 aromatic rings. The zero-order chi connectivity index (χ0) is 32.7. The highest BCUT2D eigenvalue weighted by Crippen LogP contribution is 2.64. The Balaban J connectivity index is 2.98. The van der Waals surface area contributed by atoms with Gasteiger partial charge < -0.3 is 9.47 Å². The van der Waals surface area contributed by atoms with Crippen LogP contribution >= 0.6 is 0 Å². The van der Waals surface area contributed by atoms with E-state index in [4.69, 9.17) is 9.47 Å². The van der Waals surface area contributed by atoms with Gasteiger partial charge in [0.15, 0.2) is 0 Å². The van der Waals surface area contributed by atoms with Gasteiger partial charge in [0.05, 0.1) is 6.10 Å². The average molecular weight is 646 g/mol. The van der Waals surface area contributed by atoms with Crippen molar-refractivity contribution < 1.29 is 84.1 Å². The second kappa shape index (κ2) is 12.0. The number of rotatable bonds is 14. The Labute approximate surface area is 222 Å². The first kappa shape index (κ1) is 37.8. The summed E-state index contributed by atoms with van der Waals surface area (Å²) in [5.74, 6) is -55.7. The van der Waals surface area contributed by atoms with Gasteiger partial charge in [0.25, 0.3) is 0 Å². The van der Waals surface area contributed by atoms with Gasteiger partial charge in [-0.15, -0.1) is 0 Å². The van der Waals surface area contributed by atoms with E-state index in [2.05, 4.69) is 0 Å². The van der Waals surface area contributed by atoms with Crippen LogP contribution in [0, 0.1) is 17.8 Å². The molecule has 3 atom stereocenters. The second-order valence-electron chi connectivity index (χ2n) is 10.3. The lowest BCUT2D eigenvalue weighted by Crippen LogP contribution is -2.74. The molecule has 0 bridgehead atoms. The molecule has 0 amide bonds. The number of hydrogen-bond donors (Lipinski definition) is 0. The molecule has 41 heavy (non-hydrogen) atoms. The molecule has 0 N–H and O–H groups in total. The standard InChI is InChI=1S/C22H27F17O2/c1-11(2)13-6-5-12(3)9-14(13)41-10-40-8-4-7-15(23,24)16(25,26)17(27,28)18(29,30)19(31,32)20(33,34)21(35,36)22(37,38)39/h11-14H,4-10H2,1-3H3/t12-,13+,14-/m0/s1. The van der Waals surface area contributed by atoms with E-state index in [0.717, 1.165) is 12.8 Å². The summed E-state index contributed by atoms with van der Waals surface area (Å²) in [5, 5.41) is 0. The molecular formula is C22H27F17O2. The molecule has 1 rings (SSSR count). The smallest absolute Gasteiger partial charge is 0.355 e. The molecule has 246 valence electrons. The maximum absolute atomic E-state index is 13.9. The van der Waals surface area contributed by atoms with Gasteiger partial charge in [-0.3, -0.25) is 0 Å². The van der Waals surface area contributed by atoms with Crippen LogP contribution in [0.4, 0.5) is 74.6 Å². The SMILES string of the molecule is CC(C)[C@H]1CC[C@H](C)C[C@@H]1OCOCCCC(F)(F)C(F)(F)C(F)(F)C(F)(F)C(F)(F)C(F)(F)C(F)(F)C(F)(F)F. The Hall–Kier alpha value is -1.27. The average Bonchev–Trinajstić information content (AvgIpc) is 2.79. The van der Waals surface area contributed by atoms with Crippen molar-refractivity contribution in [1.29, 1.82) is 0 Å². The van der Waals surface area contributed by atoms with Gasteiger partial charge in [-0.05, 0) is 37.0 Å². The summed E-state index contributed by atoms with van der Waals surface area (Å²) in [6, 6.07) is 0. The fourth-order valence-electron chi connectivity index (χ4n) is 4.25. The Morgan fingerprint density at radius 2 is 1.07 bits per heavy atom. The molecule has 1 aliphatic carbocycles. The molecular weight excluding hydrogens is 619 g/mol. The number of alkyl halides is 17. The van der Waals surface area contributed by atoms with Crippen LogP contribution in [0.3, 0.4) is 0 Å². The molecule has 0 heterocycles. The summed E-state index contributed by atoms with van der Waals surface area (Å²) in [7, 11) is 0. The normalized spacial score (nSPS) is 22.9. The minimum atomic E-state index is -8.62. The maximum atomic E-state index is 13.9. The zero-order valence-corrected chi connectivity index (χ0v) is 21.5. The summed E-state index contributed by atoms with van der Waals surface area (Å²) in [5.41, 5.74) is 0. The highest BCUT2D eigenvalue weighted by atomic mass is 19.4. The van der Waals surface area contributed by atoms with Gasteiger partial charge in [0, 0.05) is 13.0 Å². The molecule has 1 saturated carbocycles. The molecule has 0 saturated heterocycles. The Kier molecular flexibility index (Phi) is 11.1. The van der Waals surface area contributed by atoms with E-state index in [1.165, 1.54) is 0 Å². The van der Waals surface area contributed by atoms with Crippen molar-refractivity contribution in [2.45, 2.75) is 107 Å². The van der Waals surface area contributed by atoms with Crippen molar-refractivity contribution in [3.63, 3.8) is 0 Å². The van der Waals surface area contributed by atoms with Crippen molar-refractivity contribution in [3.05, 3.63) is 0 Å². The summed E-state index contributed by atoms with van der Waals surface area (Å²) >= 11 is 0. The minimum absolute atomic E-state index is 0.0725. The van der Waals surface area contributed by atoms with Crippen LogP contribution in [0.1, 0.15) is 52.9 Å². The van der Waals surface area contributed by atoms with Crippen LogP contribution in [-0.4, -0.2) is 67.1 Å². The van der Waals surface area contributed by atoms with Gasteiger partial charge in [0.2, 0.25) is 0 Å². The van der Waals surface area contributed by atoms with E-state index in [0.29, 0.717) is 6.42 Å². The van der Waals surface area contributed by atoms with Crippen molar-refractivity contribution in [2.75, 3.05) is 13.4 Å². The Morgan fingerprint density at radius 3 is 1.51 bits per heavy atom. The predicted molar refractivity (Wildman–Crippen MR) is 107 cm³/mol. The molecule has 1 fully saturated rings. The number of ether oxygens (including phenoxy) is 2.